The van der Waals surface area contributed by atoms with Gasteiger partial charge in [0.15, 0.2) is 0 Å². The van der Waals surface area contributed by atoms with Gasteiger partial charge in [-0.3, -0.25) is 4.98 Å². The van der Waals surface area contributed by atoms with E-state index in [4.69, 9.17) is 5.26 Å². The highest BCUT2D eigenvalue weighted by molar-refractivity contribution is 5.62. The Bertz CT molecular complexity index is 341. The quantitative estimate of drug-likeness (QED) is 0.679. The molecule has 0 saturated heterocycles. The summed E-state index contributed by atoms with van der Waals surface area (Å²) in [6.45, 7) is 3.50. The zero-order valence-electron chi connectivity index (χ0n) is 7.67. The van der Waals surface area contributed by atoms with E-state index in [0.717, 1.165) is 0 Å². The van der Waals surface area contributed by atoms with Gasteiger partial charge in [0.25, 0.3) is 0 Å². The van der Waals surface area contributed by atoms with Crippen LogP contribution in [0.25, 0.3) is 11.1 Å². The molecule has 0 saturated carbocycles. The molecule has 0 aliphatic carbocycles. The highest BCUT2D eigenvalue weighted by Crippen LogP contribution is 2.16. The van der Waals surface area contributed by atoms with Crippen molar-refractivity contribution < 1.29 is 0 Å². The smallest absolute Gasteiger partial charge is 0.0462 e. The van der Waals surface area contributed by atoms with Gasteiger partial charge in [0.1, 0.15) is 0 Å². The lowest BCUT2D eigenvalue weighted by Gasteiger charge is -1.98. The molecule has 0 aliphatic rings. The zero-order valence-corrected chi connectivity index (χ0v) is 7.67. The maximum absolute atomic E-state index is 6.50. The second-order valence-corrected chi connectivity index (χ2v) is 2.60. The van der Waals surface area contributed by atoms with Gasteiger partial charge in [-0.15, -0.1) is 0 Å². The lowest BCUT2D eigenvalue weighted by Crippen LogP contribution is -1.76. The van der Waals surface area contributed by atoms with Crippen molar-refractivity contribution in [3.8, 4) is 17.7 Å². The molecule has 1 aromatic carbocycles. The lowest BCUT2D eigenvalue weighted by molar-refractivity contribution is 1.33. The van der Waals surface area contributed by atoms with E-state index in [9.17, 15) is 0 Å². The minimum atomic E-state index is 1.21. The van der Waals surface area contributed by atoms with Crippen molar-refractivity contribution in [1.82, 2.24) is 4.98 Å². The fourth-order valence-electron chi connectivity index (χ4n) is 1.17. The van der Waals surface area contributed by atoms with Gasteiger partial charge in [0.2, 0.25) is 0 Å². The van der Waals surface area contributed by atoms with Crippen molar-refractivity contribution in [2.45, 2.75) is 0 Å². The Kier molecular flexibility index (Phi) is 3.90. The van der Waals surface area contributed by atoms with E-state index < -0.39 is 0 Å². The molecule has 0 radical (unpaired) electrons. The van der Waals surface area contributed by atoms with Gasteiger partial charge in [-0.25, -0.2) is 5.26 Å². The summed E-state index contributed by atoms with van der Waals surface area (Å²) < 4.78 is 0. The van der Waals surface area contributed by atoms with Gasteiger partial charge in [0.05, 0.1) is 0 Å². The average molecular weight is 182 g/mol. The first-order valence-corrected chi connectivity index (χ1v) is 4.18. The predicted molar refractivity (Wildman–Crippen MR) is 56.3 cm³/mol. The van der Waals surface area contributed by atoms with E-state index in [0.29, 0.717) is 0 Å². The van der Waals surface area contributed by atoms with Gasteiger partial charge < -0.3 is 0 Å². The maximum atomic E-state index is 6.50. The normalized spacial score (nSPS) is 8.43. The topological polar surface area (TPSA) is 36.7 Å². The molecule has 0 unspecified atom stereocenters. The summed E-state index contributed by atoms with van der Waals surface area (Å²) >= 11 is 0. The predicted octanol–water partition coefficient (Wildman–Crippen LogP) is 2.89. The monoisotopic (exact) mass is 182 g/mol. The van der Waals surface area contributed by atoms with Gasteiger partial charge in [-0.2, -0.15) is 0 Å². The Morgan fingerprint density at radius 1 is 0.786 bits per heavy atom. The summed E-state index contributed by atoms with van der Waals surface area (Å²) in [5.74, 6) is 0. The zero-order chi connectivity index (χ0) is 10.2. The van der Waals surface area contributed by atoms with Crippen LogP contribution in [0.5, 0.6) is 0 Å². The lowest BCUT2D eigenvalue weighted by atomic mass is 10.1. The summed E-state index contributed by atoms with van der Waals surface area (Å²) in [5, 5.41) is 6.50. The highest BCUT2D eigenvalue weighted by Gasteiger charge is 1.92. The van der Waals surface area contributed by atoms with Gasteiger partial charge >= 0.3 is 0 Å². The van der Waals surface area contributed by atoms with Crippen LogP contribution in [0.2, 0.25) is 0 Å². The van der Waals surface area contributed by atoms with Gasteiger partial charge in [0, 0.05) is 19.0 Å². The van der Waals surface area contributed by atoms with E-state index in [-0.39, 0.29) is 0 Å². The fourth-order valence-corrected chi connectivity index (χ4v) is 1.17. The molecule has 14 heavy (non-hydrogen) atoms. The summed E-state index contributed by atoms with van der Waals surface area (Å²) in [4.78, 5) is 3.97. The molecule has 2 heteroatoms. The van der Waals surface area contributed by atoms with Crippen LogP contribution in [0.15, 0.2) is 54.9 Å². The van der Waals surface area contributed by atoms with E-state index in [1.54, 1.807) is 0 Å². The summed E-state index contributed by atoms with van der Waals surface area (Å²) in [5.41, 5.74) is 2.45. The van der Waals surface area contributed by atoms with Crippen LogP contribution in [-0.4, -0.2) is 4.98 Å². The second-order valence-electron chi connectivity index (χ2n) is 2.60. The van der Waals surface area contributed by atoms with Crippen molar-refractivity contribution in [3.63, 3.8) is 0 Å². The maximum Gasteiger partial charge on any atom is 0.0462 e. The first-order chi connectivity index (χ1) is 6.97. The largest absolute Gasteiger partial charge is 0.265 e. The number of rotatable bonds is 1. The van der Waals surface area contributed by atoms with Crippen LogP contribution < -0.4 is 0 Å². The van der Waals surface area contributed by atoms with Gasteiger partial charge in [-0.1, -0.05) is 30.3 Å². The summed E-state index contributed by atoms with van der Waals surface area (Å²) in [7, 11) is 0. The Morgan fingerprint density at radius 2 is 1.29 bits per heavy atom. The fraction of sp³-hybridized carbons (Fsp3) is 0. The van der Waals surface area contributed by atoms with Crippen molar-refractivity contribution in [2.24, 2.45) is 0 Å². The third-order valence-corrected chi connectivity index (χ3v) is 1.79. The first kappa shape index (κ1) is 9.94. The standard InChI is InChI=1S/C11H9N.CHN/c1-2-4-10(5-3-1)11-6-8-12-9-7-11;1-2/h1-9H;1H. The Hall–Kier alpha value is -2.14. The number of aromatic nitrogens is 1. The summed E-state index contributed by atoms with van der Waals surface area (Å²) in [6, 6.07) is 14.3. The number of benzene rings is 1. The van der Waals surface area contributed by atoms with Crippen LogP contribution >= 0.6 is 0 Å². The molecular weight excluding hydrogens is 172 g/mol. The number of nitriles is 1. The van der Waals surface area contributed by atoms with E-state index in [1.165, 1.54) is 11.1 Å². The van der Waals surface area contributed by atoms with Crippen LogP contribution in [0.1, 0.15) is 0 Å². The molecule has 0 fully saturated rings. The third kappa shape index (κ3) is 2.43. The van der Waals surface area contributed by atoms with Crippen molar-refractivity contribution in [1.29, 1.82) is 5.26 Å². The van der Waals surface area contributed by atoms with E-state index >= 15 is 0 Å². The van der Waals surface area contributed by atoms with E-state index in [1.807, 2.05) is 42.7 Å². The number of hydrogen-bond acceptors (Lipinski definition) is 2. The molecule has 0 N–H and O–H groups in total. The molecule has 2 rings (SSSR count). The van der Waals surface area contributed by atoms with E-state index in [2.05, 4.69) is 23.7 Å². The van der Waals surface area contributed by atoms with Crippen molar-refractivity contribution in [2.75, 3.05) is 0 Å². The highest BCUT2D eigenvalue weighted by atomic mass is 14.6. The van der Waals surface area contributed by atoms with Crippen LogP contribution in [0.3, 0.4) is 0 Å². The molecule has 0 bridgehead atoms. The molecule has 0 aliphatic heterocycles. The number of hydrogen-bond donors (Lipinski definition) is 0. The van der Waals surface area contributed by atoms with Crippen LogP contribution in [0.4, 0.5) is 0 Å². The molecular formula is C12H10N2. The SMILES string of the molecule is C#N.c1ccc(-c2ccncc2)cc1. The Balaban J connectivity index is 0.000000461. The molecule has 0 atom stereocenters. The number of nitrogens with zero attached hydrogens (tertiary/aromatic N) is 2. The average Bonchev–Trinajstić information content (AvgIpc) is 2.34. The molecule has 68 valence electrons. The molecule has 0 amide bonds. The van der Waals surface area contributed by atoms with Crippen molar-refractivity contribution in [3.05, 3.63) is 54.9 Å². The van der Waals surface area contributed by atoms with Crippen molar-refractivity contribution >= 4 is 0 Å². The second kappa shape index (κ2) is 5.50. The summed E-state index contributed by atoms with van der Waals surface area (Å²) in [6.07, 6.45) is 3.62. The molecule has 0 spiro atoms. The third-order valence-electron chi connectivity index (χ3n) is 1.79. The Morgan fingerprint density at radius 3 is 1.86 bits per heavy atom. The number of pyridine rings is 1. The minimum absolute atomic E-state index is 1.21. The van der Waals surface area contributed by atoms with Crippen LogP contribution in [-0.2, 0) is 0 Å². The Labute approximate surface area is 83.5 Å². The first-order valence-electron chi connectivity index (χ1n) is 4.18. The molecule has 1 heterocycles. The van der Waals surface area contributed by atoms with Gasteiger partial charge in [-0.05, 0) is 23.3 Å². The minimum Gasteiger partial charge on any atom is -0.265 e. The van der Waals surface area contributed by atoms with Crippen LogP contribution in [0, 0.1) is 11.8 Å². The molecule has 2 aromatic rings. The molecule has 2 nitrogen and oxygen atoms in total. The molecule has 1 aromatic heterocycles.